The largest absolute Gasteiger partial charge is 0.453 e. The van der Waals surface area contributed by atoms with Crippen molar-refractivity contribution in [3.63, 3.8) is 0 Å². The summed E-state index contributed by atoms with van der Waals surface area (Å²) in [7, 11) is -3.37. The number of aromatic nitrogens is 2. The third kappa shape index (κ3) is 5.32. The van der Waals surface area contributed by atoms with E-state index in [-0.39, 0.29) is 5.75 Å². The Kier molecular flexibility index (Phi) is 7.26. The molecule has 0 amide bonds. The van der Waals surface area contributed by atoms with Crippen molar-refractivity contribution < 1.29 is 43.4 Å². The van der Waals surface area contributed by atoms with Gasteiger partial charge in [0.15, 0.2) is 6.10 Å². The Morgan fingerprint density at radius 2 is 1.86 bits per heavy atom. The number of rotatable bonds is 8. The van der Waals surface area contributed by atoms with Crippen LogP contribution in [0.25, 0.3) is 10.9 Å². The molecule has 7 N–H and O–H groups in total. The van der Waals surface area contributed by atoms with Gasteiger partial charge in [-0.3, -0.25) is 9.82 Å². The molecular weight excluding hydrogens is 494 g/mol. The number of anilines is 1. The number of aliphatic hydroxyl groups excluding tert-OH is 4. The molecule has 1 aliphatic rings. The lowest BCUT2D eigenvalue weighted by atomic mass is 9.95. The summed E-state index contributed by atoms with van der Waals surface area (Å²) in [6.07, 6.45) is -4.97. The number of sulfonamides is 1. The van der Waals surface area contributed by atoms with Crippen LogP contribution in [-0.4, -0.2) is 87.4 Å². The molecular formula is C23H29N3O9S. The van der Waals surface area contributed by atoms with E-state index in [1.165, 1.54) is 0 Å². The van der Waals surface area contributed by atoms with Gasteiger partial charge < -0.3 is 35.0 Å². The van der Waals surface area contributed by atoms with Gasteiger partial charge in [-0.2, -0.15) is 5.10 Å². The number of hydrogen-bond acceptors (Lipinski definition) is 10. The Labute approximate surface area is 207 Å². The highest BCUT2D eigenvalue weighted by Gasteiger charge is 2.57. The Morgan fingerprint density at radius 1 is 1.17 bits per heavy atom. The molecule has 0 saturated carbocycles. The first-order chi connectivity index (χ1) is 16.9. The smallest absolute Gasteiger partial charge is 0.288 e. The van der Waals surface area contributed by atoms with Crippen molar-refractivity contribution in [2.75, 3.05) is 17.6 Å². The predicted octanol–water partition coefficient (Wildman–Crippen LogP) is -0.473. The number of nitrogens with zero attached hydrogens (tertiary/aromatic N) is 1. The summed E-state index contributed by atoms with van der Waals surface area (Å²) < 4.78 is 35.9. The standard InChI is InChI=1S/C23H29N3O9S/c1-12-9-16-19(17(10-12)35-23(31)21(29)20(28)18(11-27)34-22(23)30)15(24-25-16)8-5-13-3-6-14(7-4-13)26-36(2,32)33/h3-4,6-7,9-10,18,20-22,26-31H,5,8,11H2,1-2H3,(H,24,25)/t18-,20-,21+,22-,23+/m1/s1. The highest BCUT2D eigenvalue weighted by Crippen LogP contribution is 2.37. The fourth-order valence-corrected chi connectivity index (χ4v) is 4.73. The fraction of sp³-hybridized carbons (Fsp3) is 0.435. The summed E-state index contributed by atoms with van der Waals surface area (Å²) in [5.74, 6) is -2.62. The highest BCUT2D eigenvalue weighted by molar-refractivity contribution is 7.92. The summed E-state index contributed by atoms with van der Waals surface area (Å²) in [5, 5.41) is 59.0. The lowest BCUT2D eigenvalue weighted by Gasteiger charge is -2.45. The average molecular weight is 524 g/mol. The van der Waals surface area contributed by atoms with Crippen molar-refractivity contribution in [3.05, 3.63) is 53.2 Å². The van der Waals surface area contributed by atoms with Crippen LogP contribution in [-0.2, 0) is 27.6 Å². The number of nitrogens with one attached hydrogen (secondary N) is 2. The molecule has 0 radical (unpaired) electrons. The molecule has 1 saturated heterocycles. The molecule has 5 atom stereocenters. The monoisotopic (exact) mass is 523 g/mol. The van der Waals surface area contributed by atoms with Gasteiger partial charge in [-0.15, -0.1) is 0 Å². The van der Waals surface area contributed by atoms with E-state index < -0.39 is 47.0 Å². The molecule has 12 nitrogen and oxygen atoms in total. The van der Waals surface area contributed by atoms with E-state index >= 15 is 0 Å². The van der Waals surface area contributed by atoms with E-state index in [9.17, 15) is 34.0 Å². The van der Waals surface area contributed by atoms with Crippen molar-refractivity contribution >= 4 is 26.6 Å². The quantitative estimate of drug-likeness (QED) is 0.190. The summed E-state index contributed by atoms with van der Waals surface area (Å²) in [6.45, 7) is 1.09. The van der Waals surface area contributed by atoms with Crippen molar-refractivity contribution in [2.24, 2.45) is 0 Å². The molecule has 2 heterocycles. The number of H-pyrrole nitrogens is 1. The number of aromatic amines is 1. The minimum Gasteiger partial charge on any atom is -0.453 e. The van der Waals surface area contributed by atoms with Gasteiger partial charge in [0.1, 0.15) is 18.0 Å². The Balaban J connectivity index is 1.59. The molecule has 1 aromatic heterocycles. The van der Waals surface area contributed by atoms with Crippen LogP contribution >= 0.6 is 0 Å². The van der Waals surface area contributed by atoms with Gasteiger partial charge in [0.2, 0.25) is 16.3 Å². The van der Waals surface area contributed by atoms with Gasteiger partial charge in [-0.05, 0) is 55.2 Å². The molecule has 13 heteroatoms. The van der Waals surface area contributed by atoms with Gasteiger partial charge in [-0.1, -0.05) is 12.1 Å². The lowest BCUT2D eigenvalue weighted by molar-refractivity contribution is -0.385. The molecule has 36 heavy (non-hydrogen) atoms. The van der Waals surface area contributed by atoms with Crippen molar-refractivity contribution in [1.82, 2.24) is 10.2 Å². The van der Waals surface area contributed by atoms with Crippen LogP contribution in [0.5, 0.6) is 5.75 Å². The van der Waals surface area contributed by atoms with Crippen LogP contribution < -0.4 is 9.46 Å². The second-order valence-corrected chi connectivity index (χ2v) is 10.7. The molecule has 2 aromatic carbocycles. The zero-order chi connectivity index (χ0) is 26.3. The van der Waals surface area contributed by atoms with Crippen LogP contribution in [0.15, 0.2) is 36.4 Å². The van der Waals surface area contributed by atoms with E-state index in [0.717, 1.165) is 17.4 Å². The molecule has 196 valence electrons. The van der Waals surface area contributed by atoms with E-state index in [0.29, 0.717) is 35.1 Å². The minimum atomic E-state index is -3.37. The van der Waals surface area contributed by atoms with Gasteiger partial charge in [0.05, 0.1) is 23.8 Å². The maximum absolute atomic E-state index is 11.4. The first kappa shape index (κ1) is 26.3. The first-order valence-corrected chi connectivity index (χ1v) is 13.1. The van der Waals surface area contributed by atoms with Crippen LogP contribution in [0.4, 0.5) is 5.69 Å². The normalized spacial score (nSPS) is 26.8. The Hall–Kier alpha value is -2.78. The molecule has 3 aromatic rings. The third-order valence-electron chi connectivity index (χ3n) is 6.00. The highest BCUT2D eigenvalue weighted by atomic mass is 32.2. The summed E-state index contributed by atoms with van der Waals surface area (Å²) in [5.41, 5.74) is 3.27. The van der Waals surface area contributed by atoms with Crippen LogP contribution in [0.3, 0.4) is 0 Å². The molecule has 0 aliphatic carbocycles. The maximum atomic E-state index is 11.4. The first-order valence-electron chi connectivity index (χ1n) is 11.2. The zero-order valence-electron chi connectivity index (χ0n) is 19.6. The second-order valence-electron chi connectivity index (χ2n) is 8.93. The zero-order valence-corrected chi connectivity index (χ0v) is 20.4. The molecule has 4 rings (SSSR count). The number of benzene rings is 2. The number of aryl methyl sites for hydroxylation is 3. The van der Waals surface area contributed by atoms with Gasteiger partial charge in [0, 0.05) is 11.4 Å². The van der Waals surface area contributed by atoms with Crippen LogP contribution in [0.2, 0.25) is 0 Å². The van der Waals surface area contributed by atoms with E-state index in [1.807, 2.05) is 0 Å². The Bertz CT molecular complexity index is 1330. The van der Waals surface area contributed by atoms with E-state index in [1.54, 1.807) is 43.3 Å². The number of ether oxygens (including phenoxy) is 2. The van der Waals surface area contributed by atoms with Crippen molar-refractivity contribution in [2.45, 2.75) is 50.2 Å². The van der Waals surface area contributed by atoms with Crippen molar-refractivity contribution in [1.29, 1.82) is 0 Å². The van der Waals surface area contributed by atoms with Crippen LogP contribution in [0.1, 0.15) is 16.8 Å². The molecule has 1 fully saturated rings. The fourth-order valence-electron chi connectivity index (χ4n) is 4.17. The number of fused-ring (bicyclic) bond motifs is 1. The lowest BCUT2D eigenvalue weighted by Crippen LogP contribution is -2.69. The maximum Gasteiger partial charge on any atom is 0.288 e. The van der Waals surface area contributed by atoms with E-state index in [4.69, 9.17) is 9.47 Å². The molecule has 0 spiro atoms. The topological polar surface area (TPSA) is 194 Å². The molecule has 0 bridgehead atoms. The SMILES string of the molecule is Cc1cc(O[C@]2(O)[C@H](O)O[C@H](CO)[C@@H](O)[C@@H]2O)c2c(CCc3ccc(NS(C)(=O)=O)cc3)[nH]nc2c1. The molecule has 0 unspecified atom stereocenters. The number of hydrogen-bond donors (Lipinski definition) is 7. The third-order valence-corrected chi connectivity index (χ3v) is 6.61. The van der Waals surface area contributed by atoms with Crippen molar-refractivity contribution in [3.8, 4) is 5.75 Å². The summed E-state index contributed by atoms with van der Waals surface area (Å²) >= 11 is 0. The summed E-state index contributed by atoms with van der Waals surface area (Å²) in [6, 6.07) is 10.3. The summed E-state index contributed by atoms with van der Waals surface area (Å²) in [4.78, 5) is 0. The second kappa shape index (κ2) is 9.94. The number of aliphatic hydroxyl groups is 5. The van der Waals surface area contributed by atoms with Gasteiger partial charge in [0.25, 0.3) is 5.79 Å². The Morgan fingerprint density at radius 3 is 2.50 bits per heavy atom. The van der Waals surface area contributed by atoms with Gasteiger partial charge >= 0.3 is 0 Å². The van der Waals surface area contributed by atoms with Gasteiger partial charge in [-0.25, -0.2) is 8.42 Å². The van der Waals surface area contributed by atoms with Crippen LogP contribution in [0, 0.1) is 6.92 Å². The van der Waals surface area contributed by atoms with E-state index in [2.05, 4.69) is 14.9 Å². The minimum absolute atomic E-state index is 0.0975. The molecule has 1 aliphatic heterocycles. The average Bonchev–Trinajstić information content (AvgIpc) is 3.21. The predicted molar refractivity (Wildman–Crippen MR) is 129 cm³/mol.